The van der Waals surface area contributed by atoms with E-state index >= 15 is 0 Å². The number of rotatable bonds is 3. The molecule has 1 saturated heterocycles. The normalized spacial score (nSPS) is 17.0. The molecule has 0 spiro atoms. The van der Waals surface area contributed by atoms with Crippen LogP contribution in [0.3, 0.4) is 0 Å². The number of nitrogens with two attached hydrogens (primary N) is 1. The van der Waals surface area contributed by atoms with Gasteiger partial charge in [0.25, 0.3) is 5.91 Å². The van der Waals surface area contributed by atoms with Gasteiger partial charge in [0.2, 0.25) is 10.0 Å². The van der Waals surface area contributed by atoms with Gasteiger partial charge in [-0.3, -0.25) is 4.79 Å². The van der Waals surface area contributed by atoms with E-state index in [9.17, 15) is 13.2 Å². The van der Waals surface area contributed by atoms with Crippen LogP contribution in [0.1, 0.15) is 28.8 Å². The van der Waals surface area contributed by atoms with Crippen molar-refractivity contribution < 1.29 is 13.2 Å². The maximum absolute atomic E-state index is 12.4. The van der Waals surface area contributed by atoms with Gasteiger partial charge in [0.1, 0.15) is 0 Å². The Labute approximate surface area is 125 Å². The molecule has 1 fully saturated rings. The van der Waals surface area contributed by atoms with Crippen LogP contribution in [0.2, 0.25) is 0 Å². The first-order valence-electron chi connectivity index (χ1n) is 6.89. The molecule has 3 N–H and O–H groups in total. The lowest BCUT2D eigenvalue weighted by Gasteiger charge is -2.32. The molecule has 0 aliphatic carbocycles. The van der Waals surface area contributed by atoms with Gasteiger partial charge < -0.3 is 10.6 Å². The van der Waals surface area contributed by atoms with Crippen LogP contribution >= 0.6 is 0 Å². The summed E-state index contributed by atoms with van der Waals surface area (Å²) in [5.41, 5.74) is 7.93. The Morgan fingerprint density at radius 2 is 1.95 bits per heavy atom. The molecule has 1 heterocycles. The number of nitrogens with one attached hydrogen (secondary N) is 1. The lowest BCUT2D eigenvalue weighted by molar-refractivity contribution is 0.0711. The van der Waals surface area contributed by atoms with Crippen LogP contribution < -0.4 is 10.5 Å². The molecule has 21 heavy (non-hydrogen) atoms. The molecule has 0 bridgehead atoms. The molecular weight excluding hydrogens is 290 g/mol. The summed E-state index contributed by atoms with van der Waals surface area (Å²) in [4.78, 5) is 14.2. The number of nitrogen functional groups attached to an aromatic ring is 1. The summed E-state index contributed by atoms with van der Waals surface area (Å²) >= 11 is 0. The van der Waals surface area contributed by atoms with Crippen LogP contribution in [0.25, 0.3) is 0 Å². The molecule has 0 unspecified atom stereocenters. The summed E-state index contributed by atoms with van der Waals surface area (Å²) in [5, 5.41) is 0. The predicted octanol–water partition coefficient (Wildman–Crippen LogP) is 0.731. The fourth-order valence-electron chi connectivity index (χ4n) is 2.49. The van der Waals surface area contributed by atoms with E-state index in [0.717, 1.165) is 11.8 Å². The van der Waals surface area contributed by atoms with E-state index < -0.39 is 10.0 Å². The maximum Gasteiger partial charge on any atom is 0.253 e. The second-order valence-corrected chi connectivity index (χ2v) is 7.31. The summed E-state index contributed by atoms with van der Waals surface area (Å²) < 4.78 is 25.0. The molecule has 0 aromatic heterocycles. The molecule has 1 aromatic rings. The van der Waals surface area contributed by atoms with E-state index in [-0.39, 0.29) is 11.9 Å². The topological polar surface area (TPSA) is 92.5 Å². The van der Waals surface area contributed by atoms with Crippen LogP contribution in [0.5, 0.6) is 0 Å². The van der Waals surface area contributed by atoms with Crippen molar-refractivity contribution in [2.75, 3.05) is 25.1 Å². The minimum Gasteiger partial charge on any atom is -0.399 e. The zero-order chi connectivity index (χ0) is 15.6. The molecule has 0 saturated carbocycles. The Morgan fingerprint density at radius 1 is 1.33 bits per heavy atom. The molecule has 0 radical (unpaired) electrons. The highest BCUT2D eigenvalue weighted by Crippen LogP contribution is 2.17. The first kappa shape index (κ1) is 15.8. The minimum absolute atomic E-state index is 0.0316. The van der Waals surface area contributed by atoms with Gasteiger partial charge in [0.15, 0.2) is 0 Å². The van der Waals surface area contributed by atoms with E-state index in [1.54, 1.807) is 23.1 Å². The molecule has 1 aromatic carbocycles. The van der Waals surface area contributed by atoms with Gasteiger partial charge in [-0.2, -0.15) is 0 Å². The third-order valence-electron chi connectivity index (χ3n) is 3.68. The number of hydrogen-bond donors (Lipinski definition) is 2. The number of amides is 1. The number of piperidine rings is 1. The predicted molar refractivity (Wildman–Crippen MR) is 82.5 cm³/mol. The molecule has 2 rings (SSSR count). The third kappa shape index (κ3) is 4.18. The summed E-state index contributed by atoms with van der Waals surface area (Å²) in [6.45, 7) is 2.97. The van der Waals surface area contributed by atoms with Crippen LogP contribution in [-0.4, -0.2) is 44.6 Å². The Bertz CT molecular complexity index is 635. The molecule has 1 aliphatic rings. The molecule has 0 atom stereocenters. The highest BCUT2D eigenvalue weighted by Gasteiger charge is 2.25. The monoisotopic (exact) mass is 311 g/mol. The van der Waals surface area contributed by atoms with Crippen molar-refractivity contribution >= 4 is 21.6 Å². The summed E-state index contributed by atoms with van der Waals surface area (Å²) in [6.07, 6.45) is 2.42. The molecule has 6 nitrogen and oxygen atoms in total. The Kier molecular flexibility index (Phi) is 4.53. The minimum atomic E-state index is -3.19. The fraction of sp³-hybridized carbons (Fsp3) is 0.500. The van der Waals surface area contributed by atoms with Crippen molar-refractivity contribution in [2.24, 2.45) is 0 Å². The van der Waals surface area contributed by atoms with Crippen molar-refractivity contribution in [3.05, 3.63) is 29.3 Å². The second-order valence-electron chi connectivity index (χ2n) is 5.53. The first-order valence-corrected chi connectivity index (χ1v) is 8.78. The number of aryl methyl sites for hydroxylation is 1. The number of hydrogen-bond acceptors (Lipinski definition) is 4. The summed E-state index contributed by atoms with van der Waals surface area (Å²) in [5.74, 6) is -0.0316. The maximum atomic E-state index is 12.4. The SMILES string of the molecule is Cc1cc(C(=O)N2CCC(NS(C)(=O)=O)CC2)ccc1N. The van der Waals surface area contributed by atoms with Gasteiger partial charge in [0.05, 0.1) is 6.26 Å². The lowest BCUT2D eigenvalue weighted by atomic mass is 10.0. The number of benzene rings is 1. The first-order chi connectivity index (χ1) is 9.76. The zero-order valence-corrected chi connectivity index (χ0v) is 13.1. The van der Waals surface area contributed by atoms with Crippen LogP contribution in [0.15, 0.2) is 18.2 Å². The Balaban J connectivity index is 1.98. The number of nitrogens with zero attached hydrogens (tertiary/aromatic N) is 1. The number of anilines is 1. The number of carbonyl (C=O) groups excluding carboxylic acids is 1. The average molecular weight is 311 g/mol. The quantitative estimate of drug-likeness (QED) is 0.805. The fourth-order valence-corrected chi connectivity index (χ4v) is 3.34. The molecule has 116 valence electrons. The molecule has 1 aliphatic heterocycles. The molecular formula is C14H21N3O3S. The highest BCUT2D eigenvalue weighted by atomic mass is 32.2. The van der Waals surface area contributed by atoms with Gasteiger partial charge >= 0.3 is 0 Å². The van der Waals surface area contributed by atoms with Crippen molar-refractivity contribution in [2.45, 2.75) is 25.8 Å². The van der Waals surface area contributed by atoms with E-state index in [2.05, 4.69) is 4.72 Å². The van der Waals surface area contributed by atoms with E-state index in [4.69, 9.17) is 5.73 Å². The highest BCUT2D eigenvalue weighted by molar-refractivity contribution is 7.88. The summed E-state index contributed by atoms with van der Waals surface area (Å²) in [6, 6.07) is 5.17. The largest absolute Gasteiger partial charge is 0.399 e. The lowest BCUT2D eigenvalue weighted by Crippen LogP contribution is -2.46. The standard InChI is InChI=1S/C14H21N3O3S/c1-10-9-11(3-4-13(10)15)14(18)17-7-5-12(6-8-17)16-21(2,19)20/h3-4,9,12,16H,5-8,15H2,1-2H3. The van der Waals surface area contributed by atoms with Crippen LogP contribution in [0.4, 0.5) is 5.69 Å². The van der Waals surface area contributed by atoms with Crippen LogP contribution in [0, 0.1) is 6.92 Å². The van der Waals surface area contributed by atoms with E-state index in [1.807, 2.05) is 6.92 Å². The Hall–Kier alpha value is -1.60. The smallest absolute Gasteiger partial charge is 0.253 e. The van der Waals surface area contributed by atoms with Crippen molar-refractivity contribution in [3.8, 4) is 0 Å². The number of carbonyl (C=O) groups is 1. The van der Waals surface area contributed by atoms with Crippen molar-refractivity contribution in [3.63, 3.8) is 0 Å². The molecule has 7 heteroatoms. The van der Waals surface area contributed by atoms with Crippen LogP contribution in [-0.2, 0) is 10.0 Å². The van der Waals surface area contributed by atoms with Gasteiger partial charge in [-0.15, -0.1) is 0 Å². The van der Waals surface area contributed by atoms with Gasteiger partial charge in [-0.1, -0.05) is 0 Å². The van der Waals surface area contributed by atoms with Gasteiger partial charge in [-0.05, 0) is 43.5 Å². The van der Waals surface area contributed by atoms with E-state index in [0.29, 0.717) is 37.2 Å². The van der Waals surface area contributed by atoms with E-state index in [1.165, 1.54) is 0 Å². The summed E-state index contributed by atoms with van der Waals surface area (Å²) in [7, 11) is -3.19. The third-order valence-corrected chi connectivity index (χ3v) is 4.44. The number of sulfonamides is 1. The molecule has 1 amide bonds. The van der Waals surface area contributed by atoms with Crippen molar-refractivity contribution in [1.29, 1.82) is 0 Å². The number of likely N-dealkylation sites (tertiary alicyclic amines) is 1. The zero-order valence-electron chi connectivity index (χ0n) is 12.3. The Morgan fingerprint density at radius 3 is 2.48 bits per heavy atom. The second kappa shape index (κ2) is 6.03. The van der Waals surface area contributed by atoms with Crippen molar-refractivity contribution in [1.82, 2.24) is 9.62 Å². The van der Waals surface area contributed by atoms with Gasteiger partial charge in [0, 0.05) is 30.4 Å². The average Bonchev–Trinajstić information content (AvgIpc) is 2.40. The van der Waals surface area contributed by atoms with Gasteiger partial charge in [-0.25, -0.2) is 13.1 Å².